The average molecular weight is 513 g/mol. The maximum absolute atomic E-state index is 13.3. The molecule has 3 rings (SSSR count). The highest BCUT2D eigenvalue weighted by molar-refractivity contribution is 9.10. The molecule has 0 aliphatic heterocycles. The summed E-state index contributed by atoms with van der Waals surface area (Å²) < 4.78 is 24.8. The molecule has 0 fully saturated rings. The average Bonchev–Trinajstić information content (AvgIpc) is 3.32. The summed E-state index contributed by atoms with van der Waals surface area (Å²) in [5, 5.41) is 21.6. The normalized spacial score (nSPS) is 11.5. The summed E-state index contributed by atoms with van der Waals surface area (Å²) in [5.41, 5.74) is -0.576. The van der Waals surface area contributed by atoms with E-state index in [0.29, 0.717) is 23.2 Å². The van der Waals surface area contributed by atoms with Crippen LogP contribution in [0.4, 0.5) is 4.39 Å². The van der Waals surface area contributed by atoms with Crippen molar-refractivity contribution in [2.24, 2.45) is 0 Å². The number of aryl methyl sites for hydroxylation is 1. The van der Waals surface area contributed by atoms with Gasteiger partial charge in [0.2, 0.25) is 5.82 Å². The Balaban J connectivity index is 1.44. The number of tetrazole rings is 1. The van der Waals surface area contributed by atoms with E-state index < -0.39 is 11.6 Å². The Morgan fingerprint density at radius 2 is 2.03 bits per heavy atom. The lowest BCUT2D eigenvalue weighted by Gasteiger charge is -2.18. The van der Waals surface area contributed by atoms with Crippen LogP contribution in [0.15, 0.2) is 22.7 Å². The van der Waals surface area contributed by atoms with E-state index in [1.165, 1.54) is 28.3 Å². The molecule has 0 aliphatic carbocycles. The van der Waals surface area contributed by atoms with Crippen LogP contribution in [0, 0.1) is 5.82 Å². The second kappa shape index (κ2) is 10.2. The number of halogens is 2. The molecule has 9 nitrogen and oxygen atoms in total. The van der Waals surface area contributed by atoms with Gasteiger partial charge < -0.3 is 9.47 Å². The Morgan fingerprint density at radius 3 is 2.81 bits per heavy atom. The Morgan fingerprint density at radius 1 is 1.23 bits per heavy atom. The summed E-state index contributed by atoms with van der Waals surface area (Å²) in [5.74, 6) is 0.0171. The largest absolute Gasteiger partial charge is 0.492 e. The Hall–Kier alpha value is -2.47. The summed E-state index contributed by atoms with van der Waals surface area (Å²) in [6.07, 6.45) is 2.33. The fraction of sp³-hybridized carbons (Fsp3) is 0.474. The molecular weight excluding hydrogens is 491 g/mol. The van der Waals surface area contributed by atoms with E-state index >= 15 is 0 Å². The SMILES string of the molecule is CC(C)(C)OC(=O)Cn1nnc(-c2nnc(CCCCOc3cc(F)ccc3Br)s2)n1. The first-order valence-corrected chi connectivity index (χ1v) is 11.2. The zero-order chi connectivity index (χ0) is 22.4. The van der Waals surface area contributed by atoms with Gasteiger partial charge in [-0.2, -0.15) is 4.80 Å². The molecule has 166 valence electrons. The van der Waals surface area contributed by atoms with E-state index in [1.807, 2.05) is 0 Å². The molecule has 0 radical (unpaired) electrons. The molecule has 31 heavy (non-hydrogen) atoms. The summed E-state index contributed by atoms with van der Waals surface area (Å²) >= 11 is 4.71. The van der Waals surface area contributed by atoms with Crippen molar-refractivity contribution in [2.75, 3.05) is 6.61 Å². The minimum atomic E-state index is -0.576. The van der Waals surface area contributed by atoms with E-state index in [4.69, 9.17) is 9.47 Å². The molecule has 0 amide bonds. The topological polar surface area (TPSA) is 105 Å². The number of aromatic nitrogens is 6. The van der Waals surface area contributed by atoms with E-state index in [9.17, 15) is 9.18 Å². The lowest BCUT2D eigenvalue weighted by Crippen LogP contribution is -2.27. The number of nitrogens with zero attached hydrogens (tertiary/aromatic N) is 6. The fourth-order valence-corrected chi connectivity index (χ4v) is 3.65. The summed E-state index contributed by atoms with van der Waals surface area (Å²) in [6.45, 7) is 5.72. The van der Waals surface area contributed by atoms with Gasteiger partial charge in [0.05, 0.1) is 11.1 Å². The molecule has 1 aromatic carbocycles. The number of carbonyl (C=O) groups is 1. The van der Waals surface area contributed by atoms with Gasteiger partial charge in [0, 0.05) is 12.5 Å². The Kier molecular flexibility index (Phi) is 7.65. The smallest absolute Gasteiger partial charge is 0.330 e. The van der Waals surface area contributed by atoms with Gasteiger partial charge in [0.25, 0.3) is 0 Å². The van der Waals surface area contributed by atoms with Gasteiger partial charge in [-0.25, -0.2) is 9.18 Å². The van der Waals surface area contributed by atoms with Crippen LogP contribution in [0.1, 0.15) is 38.6 Å². The van der Waals surface area contributed by atoms with Crippen LogP contribution in [0.25, 0.3) is 10.8 Å². The van der Waals surface area contributed by atoms with Crippen molar-refractivity contribution >= 4 is 33.2 Å². The van der Waals surface area contributed by atoms with Crippen molar-refractivity contribution in [3.63, 3.8) is 0 Å². The highest BCUT2D eigenvalue weighted by Gasteiger charge is 2.19. The van der Waals surface area contributed by atoms with Gasteiger partial charge in [-0.15, -0.1) is 20.4 Å². The molecule has 0 atom stereocenters. The van der Waals surface area contributed by atoms with E-state index in [2.05, 4.69) is 41.5 Å². The highest BCUT2D eigenvalue weighted by atomic mass is 79.9. The molecule has 2 aromatic heterocycles. The third-order valence-corrected chi connectivity index (χ3v) is 5.37. The van der Waals surface area contributed by atoms with Crippen molar-refractivity contribution in [3.05, 3.63) is 33.5 Å². The maximum atomic E-state index is 13.3. The van der Waals surface area contributed by atoms with Crippen LogP contribution < -0.4 is 4.74 Å². The van der Waals surface area contributed by atoms with E-state index in [-0.39, 0.29) is 12.4 Å². The molecule has 0 spiro atoms. The predicted molar refractivity (Wildman–Crippen MR) is 115 cm³/mol. The predicted octanol–water partition coefficient (Wildman–Crippen LogP) is 3.84. The molecule has 0 saturated carbocycles. The standard InChI is InChI=1S/C19H22BrFN6O3S/c1-19(2,3)30-16(28)11-27-25-17(23-26-27)18-24-22-15(31-18)6-4-5-9-29-14-10-12(21)7-8-13(14)20/h7-8,10H,4-6,9,11H2,1-3H3. The minimum Gasteiger partial charge on any atom is -0.492 e. The minimum absolute atomic E-state index is 0.128. The number of carbonyl (C=O) groups excluding carboxylic acids is 1. The van der Waals surface area contributed by atoms with E-state index in [1.54, 1.807) is 26.8 Å². The number of ether oxygens (including phenoxy) is 2. The molecule has 0 unspecified atom stereocenters. The van der Waals surface area contributed by atoms with Crippen molar-refractivity contribution in [1.29, 1.82) is 0 Å². The summed E-state index contributed by atoms with van der Waals surface area (Å²) in [7, 11) is 0. The van der Waals surface area contributed by atoms with Crippen molar-refractivity contribution in [1.82, 2.24) is 30.4 Å². The van der Waals surface area contributed by atoms with Crippen molar-refractivity contribution in [2.45, 2.75) is 52.2 Å². The third-order valence-electron chi connectivity index (χ3n) is 3.74. The second-order valence-corrected chi connectivity index (χ2v) is 9.53. The quantitative estimate of drug-likeness (QED) is 0.314. The zero-order valence-electron chi connectivity index (χ0n) is 17.3. The molecule has 12 heteroatoms. The Bertz CT molecular complexity index is 1040. The number of unbranched alkanes of at least 4 members (excludes halogenated alkanes) is 1. The van der Waals surface area contributed by atoms with Crippen LogP contribution in [0.3, 0.4) is 0 Å². The number of hydrogen-bond donors (Lipinski definition) is 0. The first-order valence-electron chi connectivity index (χ1n) is 9.60. The maximum Gasteiger partial charge on any atom is 0.330 e. The van der Waals surface area contributed by atoms with Crippen LogP contribution in [-0.4, -0.2) is 48.6 Å². The lowest BCUT2D eigenvalue weighted by atomic mass is 10.2. The molecule has 2 heterocycles. The number of rotatable bonds is 9. The third kappa shape index (κ3) is 7.31. The summed E-state index contributed by atoms with van der Waals surface area (Å²) in [6, 6.07) is 4.34. The van der Waals surface area contributed by atoms with Gasteiger partial charge in [-0.3, -0.25) is 0 Å². The van der Waals surface area contributed by atoms with Crippen LogP contribution >= 0.6 is 27.3 Å². The summed E-state index contributed by atoms with van der Waals surface area (Å²) in [4.78, 5) is 13.0. The zero-order valence-corrected chi connectivity index (χ0v) is 19.7. The Labute approximate surface area is 191 Å². The molecular formula is C19H22BrFN6O3S. The van der Waals surface area contributed by atoms with Gasteiger partial charge in [0.15, 0.2) is 11.6 Å². The number of hydrogen-bond acceptors (Lipinski definition) is 9. The van der Waals surface area contributed by atoms with Gasteiger partial charge in [-0.05, 0) is 66.9 Å². The number of benzene rings is 1. The van der Waals surface area contributed by atoms with Crippen LogP contribution in [0.5, 0.6) is 5.75 Å². The number of esters is 1. The van der Waals surface area contributed by atoms with Crippen LogP contribution in [-0.2, 0) is 22.5 Å². The monoisotopic (exact) mass is 512 g/mol. The van der Waals surface area contributed by atoms with E-state index in [0.717, 1.165) is 28.7 Å². The van der Waals surface area contributed by atoms with Crippen molar-refractivity contribution in [3.8, 4) is 16.6 Å². The first-order chi connectivity index (χ1) is 14.7. The second-order valence-electron chi connectivity index (χ2n) is 7.61. The first kappa shape index (κ1) is 23.2. The highest BCUT2D eigenvalue weighted by Crippen LogP contribution is 2.26. The van der Waals surface area contributed by atoms with Crippen LogP contribution in [0.2, 0.25) is 0 Å². The fourth-order valence-electron chi connectivity index (χ4n) is 2.48. The van der Waals surface area contributed by atoms with Gasteiger partial charge in [0.1, 0.15) is 22.2 Å². The van der Waals surface area contributed by atoms with Crippen molar-refractivity contribution < 1.29 is 18.7 Å². The molecule has 0 aliphatic rings. The molecule has 0 saturated heterocycles. The molecule has 3 aromatic rings. The molecule has 0 bridgehead atoms. The van der Waals surface area contributed by atoms with Gasteiger partial charge in [-0.1, -0.05) is 11.3 Å². The van der Waals surface area contributed by atoms with Gasteiger partial charge >= 0.3 is 5.97 Å². The molecule has 0 N–H and O–H groups in total. The lowest BCUT2D eigenvalue weighted by molar-refractivity contribution is -0.156.